The number of hydrogen-bond acceptors (Lipinski definition) is 4. The van der Waals surface area contributed by atoms with E-state index in [9.17, 15) is 4.79 Å². The predicted octanol–water partition coefficient (Wildman–Crippen LogP) is 3.57. The molecule has 0 saturated carbocycles. The molecule has 1 atom stereocenters. The molecule has 0 spiro atoms. The second-order valence-electron chi connectivity index (χ2n) is 5.72. The average molecular weight is 316 g/mol. The van der Waals surface area contributed by atoms with Crippen molar-refractivity contribution in [1.82, 2.24) is 14.3 Å². The smallest absolute Gasteiger partial charge is 0.323 e. The van der Waals surface area contributed by atoms with Crippen LogP contribution in [0.25, 0.3) is 0 Å². The van der Waals surface area contributed by atoms with E-state index < -0.39 is 0 Å². The summed E-state index contributed by atoms with van der Waals surface area (Å²) < 4.78 is 4.09. The highest BCUT2D eigenvalue weighted by Crippen LogP contribution is 2.29. The first-order valence-electron chi connectivity index (χ1n) is 7.55. The molecule has 2 heterocycles. The van der Waals surface area contributed by atoms with E-state index in [0.29, 0.717) is 16.9 Å². The molecule has 2 aromatic rings. The first-order valence-corrected chi connectivity index (χ1v) is 8.32. The minimum absolute atomic E-state index is 0.0746. The summed E-state index contributed by atoms with van der Waals surface area (Å²) in [6, 6.07) is 8.37. The molecule has 3 rings (SSSR count). The summed E-state index contributed by atoms with van der Waals surface area (Å²) in [6.45, 7) is 5.51. The monoisotopic (exact) mass is 316 g/mol. The van der Waals surface area contributed by atoms with Crippen molar-refractivity contribution in [2.45, 2.75) is 32.6 Å². The number of piperidine rings is 1. The van der Waals surface area contributed by atoms with Gasteiger partial charge in [0.15, 0.2) is 0 Å². The zero-order valence-corrected chi connectivity index (χ0v) is 13.7. The minimum atomic E-state index is -0.0746. The summed E-state index contributed by atoms with van der Waals surface area (Å²) in [5.74, 6) is 1.11. The van der Waals surface area contributed by atoms with Crippen molar-refractivity contribution < 1.29 is 4.79 Å². The Kier molecular flexibility index (Phi) is 4.38. The lowest BCUT2D eigenvalue weighted by molar-refractivity contribution is 0.192. The Morgan fingerprint density at radius 3 is 2.91 bits per heavy atom. The van der Waals surface area contributed by atoms with E-state index in [0.717, 1.165) is 25.9 Å². The second kappa shape index (κ2) is 6.44. The van der Waals surface area contributed by atoms with Crippen LogP contribution in [0.4, 0.5) is 9.93 Å². The van der Waals surface area contributed by atoms with Gasteiger partial charge in [-0.3, -0.25) is 5.32 Å². The Morgan fingerprint density at radius 1 is 1.36 bits per heavy atom. The van der Waals surface area contributed by atoms with E-state index in [1.165, 1.54) is 22.7 Å². The van der Waals surface area contributed by atoms with Crippen LogP contribution in [0.1, 0.15) is 35.7 Å². The fourth-order valence-electron chi connectivity index (χ4n) is 2.98. The van der Waals surface area contributed by atoms with Gasteiger partial charge in [-0.15, -0.1) is 0 Å². The van der Waals surface area contributed by atoms with Crippen LogP contribution >= 0.6 is 11.5 Å². The number of carbonyl (C=O) groups excluding carboxylic acids is 1. The number of nitrogens with one attached hydrogen (secondary N) is 1. The third kappa shape index (κ3) is 3.27. The Bertz CT molecular complexity index is 670. The minimum Gasteiger partial charge on any atom is -0.324 e. The van der Waals surface area contributed by atoms with Gasteiger partial charge in [-0.2, -0.15) is 4.37 Å². The number of likely N-dealkylation sites (tertiary alicyclic amines) is 1. The molecule has 1 aliphatic rings. The molecule has 1 aromatic carbocycles. The Morgan fingerprint density at radius 2 is 2.18 bits per heavy atom. The largest absolute Gasteiger partial charge is 0.324 e. The first kappa shape index (κ1) is 15.0. The standard InChI is InChI=1S/C16H20N4OS/c1-11-6-3-4-8-14(11)13-7-5-9-20(10-13)16(21)18-15-17-12(2)19-22-15/h3-4,6,8,13H,5,7,9-10H2,1-2H3,(H,17,18,19,21)/t13-/m1/s1. The summed E-state index contributed by atoms with van der Waals surface area (Å²) in [7, 11) is 0. The van der Waals surface area contributed by atoms with Crippen molar-refractivity contribution in [2.75, 3.05) is 18.4 Å². The number of aryl methyl sites for hydroxylation is 2. The van der Waals surface area contributed by atoms with Crippen LogP contribution in [0.15, 0.2) is 24.3 Å². The fraction of sp³-hybridized carbons (Fsp3) is 0.438. The summed E-state index contributed by atoms with van der Waals surface area (Å²) in [6.07, 6.45) is 2.16. The van der Waals surface area contributed by atoms with Gasteiger partial charge >= 0.3 is 6.03 Å². The summed E-state index contributed by atoms with van der Waals surface area (Å²) in [5, 5.41) is 3.42. The molecule has 1 aliphatic heterocycles. The maximum atomic E-state index is 12.4. The second-order valence-corrected chi connectivity index (χ2v) is 6.47. The number of nitrogens with zero attached hydrogens (tertiary/aromatic N) is 3. The normalized spacial score (nSPS) is 18.3. The van der Waals surface area contributed by atoms with Crippen LogP contribution in [-0.4, -0.2) is 33.4 Å². The quantitative estimate of drug-likeness (QED) is 0.921. The molecule has 0 unspecified atom stereocenters. The maximum Gasteiger partial charge on any atom is 0.323 e. The molecule has 2 amide bonds. The maximum absolute atomic E-state index is 12.4. The van der Waals surface area contributed by atoms with Crippen molar-refractivity contribution in [3.05, 3.63) is 41.2 Å². The Hall–Kier alpha value is -1.95. The molecule has 22 heavy (non-hydrogen) atoms. The number of amides is 2. The molecule has 0 radical (unpaired) electrons. The van der Waals surface area contributed by atoms with Crippen LogP contribution in [0.5, 0.6) is 0 Å². The number of hydrogen-bond donors (Lipinski definition) is 1. The van der Waals surface area contributed by atoms with Gasteiger partial charge in [0.05, 0.1) is 0 Å². The van der Waals surface area contributed by atoms with E-state index in [4.69, 9.17) is 0 Å². The van der Waals surface area contributed by atoms with E-state index in [1.54, 1.807) is 0 Å². The molecule has 1 aromatic heterocycles. The highest BCUT2D eigenvalue weighted by atomic mass is 32.1. The van der Waals surface area contributed by atoms with Crippen molar-refractivity contribution in [1.29, 1.82) is 0 Å². The molecule has 5 nitrogen and oxygen atoms in total. The lowest BCUT2D eigenvalue weighted by atomic mass is 9.88. The third-order valence-corrected chi connectivity index (χ3v) is 4.80. The number of aromatic nitrogens is 2. The van der Waals surface area contributed by atoms with Gasteiger partial charge < -0.3 is 4.90 Å². The molecule has 1 N–H and O–H groups in total. The van der Waals surface area contributed by atoms with Crippen molar-refractivity contribution in [3.8, 4) is 0 Å². The summed E-state index contributed by atoms with van der Waals surface area (Å²) in [5.41, 5.74) is 2.65. The number of urea groups is 1. The van der Waals surface area contributed by atoms with Crippen LogP contribution in [0.2, 0.25) is 0 Å². The van der Waals surface area contributed by atoms with Crippen LogP contribution in [0, 0.1) is 13.8 Å². The molecule has 6 heteroatoms. The number of anilines is 1. The predicted molar refractivity (Wildman–Crippen MR) is 88.4 cm³/mol. The average Bonchev–Trinajstić information content (AvgIpc) is 2.93. The molecule has 0 bridgehead atoms. The Balaban J connectivity index is 1.67. The summed E-state index contributed by atoms with van der Waals surface area (Å²) in [4.78, 5) is 18.5. The van der Waals surface area contributed by atoms with Gasteiger partial charge in [0.1, 0.15) is 5.82 Å². The molecule has 116 valence electrons. The van der Waals surface area contributed by atoms with E-state index >= 15 is 0 Å². The van der Waals surface area contributed by atoms with E-state index in [2.05, 4.69) is 45.9 Å². The van der Waals surface area contributed by atoms with Crippen molar-refractivity contribution in [3.63, 3.8) is 0 Å². The molecular formula is C16H20N4OS. The highest BCUT2D eigenvalue weighted by molar-refractivity contribution is 7.09. The number of benzene rings is 1. The zero-order chi connectivity index (χ0) is 15.5. The summed E-state index contributed by atoms with van der Waals surface area (Å²) >= 11 is 1.22. The lowest BCUT2D eigenvalue weighted by Crippen LogP contribution is -2.41. The number of carbonyl (C=O) groups is 1. The van der Waals surface area contributed by atoms with Gasteiger partial charge in [0, 0.05) is 30.5 Å². The van der Waals surface area contributed by atoms with E-state index in [-0.39, 0.29) is 6.03 Å². The SMILES string of the molecule is Cc1nsc(NC(=O)N2CCC[C@@H](c3ccccc3C)C2)n1. The van der Waals surface area contributed by atoms with Gasteiger partial charge in [0.25, 0.3) is 0 Å². The van der Waals surface area contributed by atoms with Crippen molar-refractivity contribution >= 4 is 22.7 Å². The van der Waals surface area contributed by atoms with Gasteiger partial charge in [-0.1, -0.05) is 24.3 Å². The molecule has 0 aliphatic carbocycles. The molecule has 1 fully saturated rings. The fourth-order valence-corrected chi connectivity index (χ4v) is 3.54. The first-order chi connectivity index (χ1) is 10.6. The van der Waals surface area contributed by atoms with Crippen LogP contribution < -0.4 is 5.32 Å². The van der Waals surface area contributed by atoms with Crippen LogP contribution in [0.3, 0.4) is 0 Å². The molecular weight excluding hydrogens is 296 g/mol. The Labute approximate surface area is 134 Å². The van der Waals surface area contributed by atoms with E-state index in [1.807, 2.05) is 11.8 Å². The number of rotatable bonds is 2. The van der Waals surface area contributed by atoms with Gasteiger partial charge in [-0.25, -0.2) is 9.78 Å². The van der Waals surface area contributed by atoms with Crippen LogP contribution in [-0.2, 0) is 0 Å². The highest BCUT2D eigenvalue weighted by Gasteiger charge is 2.26. The third-order valence-electron chi connectivity index (χ3n) is 4.08. The molecule has 1 saturated heterocycles. The zero-order valence-electron chi connectivity index (χ0n) is 12.9. The van der Waals surface area contributed by atoms with Crippen molar-refractivity contribution in [2.24, 2.45) is 0 Å². The van der Waals surface area contributed by atoms with Gasteiger partial charge in [-0.05, 0) is 37.8 Å². The lowest BCUT2D eigenvalue weighted by Gasteiger charge is -2.33. The van der Waals surface area contributed by atoms with Gasteiger partial charge in [0.2, 0.25) is 5.13 Å². The topological polar surface area (TPSA) is 58.1 Å².